The van der Waals surface area contributed by atoms with Gasteiger partial charge in [-0.3, -0.25) is 4.79 Å². The normalized spacial score (nSPS) is 15.1. The van der Waals surface area contributed by atoms with Crippen LogP contribution < -0.4 is 5.32 Å². The zero-order valence-electron chi connectivity index (χ0n) is 15.4. The fourth-order valence-electron chi connectivity index (χ4n) is 3.77. The Balaban J connectivity index is 1.60. The molecule has 144 valence electrons. The van der Waals surface area contributed by atoms with Gasteiger partial charge in [-0.15, -0.1) is 0 Å². The Bertz CT molecular complexity index is 813. The molecule has 2 nitrogen and oxygen atoms in total. The highest BCUT2D eigenvalue weighted by atomic mass is 19.4. The number of alkyl halides is 3. The molecule has 2 aromatic carbocycles. The smallest absolute Gasteiger partial charge is 0.350 e. The van der Waals surface area contributed by atoms with E-state index in [9.17, 15) is 18.0 Å². The molecule has 3 rings (SSSR count). The van der Waals surface area contributed by atoms with Crippen LogP contribution in [0.3, 0.4) is 0 Å². The number of benzene rings is 2. The summed E-state index contributed by atoms with van der Waals surface area (Å²) in [6.45, 7) is 1.96. The molecule has 27 heavy (non-hydrogen) atoms. The quantitative estimate of drug-likeness (QED) is 0.745. The minimum atomic E-state index is -4.36. The van der Waals surface area contributed by atoms with E-state index in [-0.39, 0.29) is 24.8 Å². The second-order valence-electron chi connectivity index (χ2n) is 7.18. The van der Waals surface area contributed by atoms with E-state index < -0.39 is 11.7 Å². The predicted molar refractivity (Wildman–Crippen MR) is 99.4 cm³/mol. The number of nitrogens with one attached hydrogen (secondary N) is 1. The van der Waals surface area contributed by atoms with Crippen molar-refractivity contribution in [1.82, 2.24) is 5.32 Å². The van der Waals surface area contributed by atoms with Gasteiger partial charge in [-0.25, -0.2) is 0 Å². The monoisotopic (exact) mass is 375 g/mol. The van der Waals surface area contributed by atoms with Crippen molar-refractivity contribution in [2.24, 2.45) is 0 Å². The van der Waals surface area contributed by atoms with Crippen molar-refractivity contribution in [3.63, 3.8) is 0 Å². The highest BCUT2D eigenvalue weighted by Gasteiger charge is 2.30. The SMILES string of the molecule is C[C@H](NC(=O)CCc1cccc(C(F)(F)F)c1)c1cccc2c1CCCC2. The number of carbonyl (C=O) groups excluding carboxylic acids is 1. The molecular formula is C22H24F3NO. The zero-order valence-corrected chi connectivity index (χ0v) is 15.4. The van der Waals surface area contributed by atoms with Crippen LogP contribution in [0.1, 0.15) is 60.0 Å². The molecule has 0 spiro atoms. The molecule has 1 aliphatic rings. The van der Waals surface area contributed by atoms with Gasteiger partial charge in [0.15, 0.2) is 0 Å². The number of halogens is 3. The molecule has 0 aliphatic heterocycles. The summed E-state index contributed by atoms with van der Waals surface area (Å²) in [5.41, 5.74) is 3.70. The number of amides is 1. The van der Waals surface area contributed by atoms with Gasteiger partial charge in [0.25, 0.3) is 0 Å². The van der Waals surface area contributed by atoms with Crippen molar-refractivity contribution in [2.45, 2.75) is 57.7 Å². The molecule has 0 aromatic heterocycles. The number of carbonyl (C=O) groups is 1. The minimum absolute atomic E-state index is 0.105. The standard InChI is InChI=1S/C22H24F3NO/c1-15(19-11-5-8-17-7-2-3-10-20(17)19)26-21(27)13-12-16-6-4-9-18(14-16)22(23,24)25/h4-6,8-9,11,14-15H,2-3,7,10,12-13H2,1H3,(H,26,27)/t15-/m0/s1. The zero-order chi connectivity index (χ0) is 19.4. The summed E-state index contributed by atoms with van der Waals surface area (Å²) in [6, 6.07) is 11.3. The predicted octanol–water partition coefficient (Wildman–Crippen LogP) is 5.39. The second kappa shape index (κ2) is 8.15. The molecule has 0 bridgehead atoms. The molecule has 0 heterocycles. The van der Waals surface area contributed by atoms with E-state index in [0.29, 0.717) is 5.56 Å². The van der Waals surface area contributed by atoms with E-state index in [1.807, 2.05) is 13.0 Å². The van der Waals surface area contributed by atoms with Crippen molar-refractivity contribution in [2.75, 3.05) is 0 Å². The molecule has 5 heteroatoms. The van der Waals surface area contributed by atoms with Crippen LogP contribution in [-0.4, -0.2) is 5.91 Å². The van der Waals surface area contributed by atoms with Crippen molar-refractivity contribution in [3.8, 4) is 0 Å². The second-order valence-corrected chi connectivity index (χ2v) is 7.18. The molecule has 1 amide bonds. The van der Waals surface area contributed by atoms with Crippen LogP contribution in [0.15, 0.2) is 42.5 Å². The number of aryl methyl sites for hydroxylation is 2. The average Bonchev–Trinajstić information content (AvgIpc) is 2.65. The first-order valence-corrected chi connectivity index (χ1v) is 9.41. The van der Waals surface area contributed by atoms with Crippen LogP contribution >= 0.6 is 0 Å². The summed E-state index contributed by atoms with van der Waals surface area (Å²) in [6.07, 6.45) is 0.582. The Hall–Kier alpha value is -2.30. The lowest BCUT2D eigenvalue weighted by molar-refractivity contribution is -0.137. The van der Waals surface area contributed by atoms with Crippen molar-refractivity contribution in [1.29, 1.82) is 0 Å². The van der Waals surface area contributed by atoms with E-state index in [4.69, 9.17) is 0 Å². The minimum Gasteiger partial charge on any atom is -0.350 e. The molecule has 0 radical (unpaired) electrons. The molecular weight excluding hydrogens is 351 g/mol. The molecule has 0 fully saturated rings. The van der Waals surface area contributed by atoms with Crippen LogP contribution in [0.4, 0.5) is 13.2 Å². The summed E-state index contributed by atoms with van der Waals surface area (Å²) < 4.78 is 38.4. The first-order valence-electron chi connectivity index (χ1n) is 9.41. The molecule has 0 unspecified atom stereocenters. The lowest BCUT2D eigenvalue weighted by Gasteiger charge is -2.23. The molecule has 0 saturated carbocycles. The number of hydrogen-bond donors (Lipinski definition) is 1. The maximum atomic E-state index is 12.8. The van der Waals surface area contributed by atoms with Crippen LogP contribution in [0.2, 0.25) is 0 Å². The van der Waals surface area contributed by atoms with Gasteiger partial charge in [0.1, 0.15) is 0 Å². The Kier molecular flexibility index (Phi) is 5.88. The Morgan fingerprint density at radius 2 is 1.85 bits per heavy atom. The average molecular weight is 375 g/mol. The van der Waals surface area contributed by atoms with Gasteiger partial charge in [-0.05, 0) is 67.3 Å². The highest BCUT2D eigenvalue weighted by Crippen LogP contribution is 2.30. The van der Waals surface area contributed by atoms with Crippen LogP contribution in [0.25, 0.3) is 0 Å². The van der Waals surface area contributed by atoms with Gasteiger partial charge in [0.05, 0.1) is 11.6 Å². The molecule has 2 aromatic rings. The summed E-state index contributed by atoms with van der Waals surface area (Å²) in [5, 5.41) is 3.00. The Labute approximate surface area is 157 Å². The van der Waals surface area contributed by atoms with Gasteiger partial charge in [-0.2, -0.15) is 13.2 Å². The van der Waals surface area contributed by atoms with E-state index in [1.54, 1.807) is 6.07 Å². The third-order valence-corrected chi connectivity index (χ3v) is 5.17. The summed E-state index contributed by atoms with van der Waals surface area (Å²) in [4.78, 5) is 12.3. The maximum Gasteiger partial charge on any atom is 0.416 e. The number of hydrogen-bond acceptors (Lipinski definition) is 1. The van der Waals surface area contributed by atoms with Gasteiger partial charge < -0.3 is 5.32 Å². The highest BCUT2D eigenvalue weighted by molar-refractivity contribution is 5.76. The first kappa shape index (κ1) is 19.5. The van der Waals surface area contributed by atoms with Crippen molar-refractivity contribution < 1.29 is 18.0 Å². The summed E-state index contributed by atoms with van der Waals surface area (Å²) in [7, 11) is 0. The fraction of sp³-hybridized carbons (Fsp3) is 0.409. The van der Waals surface area contributed by atoms with E-state index in [2.05, 4.69) is 17.4 Å². The molecule has 1 atom stereocenters. The topological polar surface area (TPSA) is 29.1 Å². The third-order valence-electron chi connectivity index (χ3n) is 5.17. The number of fused-ring (bicyclic) bond motifs is 1. The third kappa shape index (κ3) is 4.90. The lowest BCUT2D eigenvalue weighted by Crippen LogP contribution is -2.28. The van der Waals surface area contributed by atoms with Crippen molar-refractivity contribution in [3.05, 3.63) is 70.3 Å². The van der Waals surface area contributed by atoms with Gasteiger partial charge >= 0.3 is 6.18 Å². The van der Waals surface area contributed by atoms with Crippen molar-refractivity contribution >= 4 is 5.91 Å². The summed E-state index contributed by atoms with van der Waals surface area (Å²) in [5.74, 6) is -0.145. The molecule has 1 N–H and O–H groups in total. The Morgan fingerprint density at radius 1 is 1.11 bits per heavy atom. The Morgan fingerprint density at radius 3 is 2.63 bits per heavy atom. The fourth-order valence-corrected chi connectivity index (χ4v) is 3.77. The van der Waals surface area contributed by atoms with E-state index in [0.717, 1.165) is 30.5 Å². The van der Waals surface area contributed by atoms with E-state index in [1.165, 1.54) is 30.0 Å². The number of rotatable bonds is 5. The lowest BCUT2D eigenvalue weighted by atomic mass is 9.86. The maximum absolute atomic E-state index is 12.8. The molecule has 0 saturated heterocycles. The first-order chi connectivity index (χ1) is 12.8. The van der Waals surface area contributed by atoms with Gasteiger partial charge in [0, 0.05) is 6.42 Å². The van der Waals surface area contributed by atoms with Crippen LogP contribution in [0.5, 0.6) is 0 Å². The van der Waals surface area contributed by atoms with E-state index >= 15 is 0 Å². The van der Waals surface area contributed by atoms with Crippen LogP contribution in [0, 0.1) is 0 Å². The van der Waals surface area contributed by atoms with Gasteiger partial charge in [0.2, 0.25) is 5.91 Å². The van der Waals surface area contributed by atoms with Crippen LogP contribution in [-0.2, 0) is 30.2 Å². The molecule has 1 aliphatic carbocycles. The largest absolute Gasteiger partial charge is 0.416 e. The summed E-state index contributed by atoms with van der Waals surface area (Å²) >= 11 is 0. The van der Waals surface area contributed by atoms with Gasteiger partial charge in [-0.1, -0.05) is 36.4 Å².